The van der Waals surface area contributed by atoms with Gasteiger partial charge in [-0.05, 0) is 48.5 Å². The summed E-state index contributed by atoms with van der Waals surface area (Å²) in [5, 5.41) is 19.2. The number of hydrogen-bond acceptors (Lipinski definition) is 8. The first-order valence-corrected chi connectivity index (χ1v) is 11.4. The number of carbonyl (C=O) groups is 1. The van der Waals surface area contributed by atoms with Gasteiger partial charge in [0.25, 0.3) is 0 Å². The van der Waals surface area contributed by atoms with Crippen LogP contribution in [0.5, 0.6) is 23.1 Å². The first kappa shape index (κ1) is 22.4. The van der Waals surface area contributed by atoms with E-state index < -0.39 is 5.91 Å². The highest BCUT2D eigenvalue weighted by Crippen LogP contribution is 2.38. The van der Waals surface area contributed by atoms with Crippen molar-refractivity contribution in [1.82, 2.24) is 9.97 Å². The molecule has 3 aromatic carbocycles. The second-order valence-electron chi connectivity index (χ2n) is 7.47. The van der Waals surface area contributed by atoms with Crippen molar-refractivity contribution in [3.05, 3.63) is 60.7 Å². The summed E-state index contributed by atoms with van der Waals surface area (Å²) in [7, 11) is 3.06. The minimum absolute atomic E-state index is 0.141. The number of amides is 1. The second-order valence-corrected chi connectivity index (χ2v) is 8.50. The number of aromatic amines is 1. The minimum atomic E-state index is -0.630. The predicted molar refractivity (Wildman–Crippen MR) is 133 cm³/mol. The molecule has 0 bridgehead atoms. The van der Waals surface area contributed by atoms with Crippen LogP contribution in [0, 0.1) is 0 Å². The number of para-hydroxylation sites is 1. The molecule has 0 radical (unpaired) electrons. The van der Waals surface area contributed by atoms with Gasteiger partial charge in [-0.2, -0.15) is 0 Å². The van der Waals surface area contributed by atoms with Crippen LogP contribution in [0.15, 0.2) is 70.9 Å². The highest BCUT2D eigenvalue weighted by molar-refractivity contribution is 7.21. The van der Waals surface area contributed by atoms with Crippen LogP contribution in [0.1, 0.15) is 0 Å². The number of hydrogen-bond donors (Lipinski definition) is 2. The highest BCUT2D eigenvalue weighted by atomic mass is 32.1. The Hall–Kier alpha value is -4.44. The van der Waals surface area contributed by atoms with E-state index in [-0.39, 0.29) is 18.2 Å². The number of nitrogens with zero attached hydrogens (tertiary/aromatic N) is 3. The molecule has 0 aliphatic carbocycles. The Morgan fingerprint density at radius 3 is 2.71 bits per heavy atom. The Labute approximate surface area is 203 Å². The third kappa shape index (κ3) is 4.51. The van der Waals surface area contributed by atoms with Crippen molar-refractivity contribution in [1.29, 1.82) is 0 Å². The quantitative estimate of drug-likeness (QED) is 0.277. The number of azo groups is 1. The maximum Gasteiger partial charge on any atom is 0.302 e. The summed E-state index contributed by atoms with van der Waals surface area (Å²) in [5.74, 6) is 0.612. The average Bonchev–Trinajstić information content (AvgIpc) is 3.45. The molecule has 0 aliphatic heterocycles. The monoisotopic (exact) mass is 488 g/mol. The van der Waals surface area contributed by atoms with Crippen molar-refractivity contribution < 1.29 is 24.1 Å². The number of fused-ring (bicyclic) bond motifs is 2. The van der Waals surface area contributed by atoms with Crippen molar-refractivity contribution in [3.8, 4) is 33.7 Å². The molecule has 0 spiro atoms. The fraction of sp³-hybridized carbons (Fsp3) is 0.120. The standard InChI is InChI=1S/C25H20N4O5S/c1-32-15-8-9-17-16(12-15)23(24(31)26-17)29-28-22(30)13-34-20-11-14(7-10-19(20)33-2)25-27-18-5-3-4-6-21(18)35-25/h3-12,26,31H,13H2,1-2H3. The fourth-order valence-corrected chi connectivity index (χ4v) is 4.53. The molecule has 0 saturated heterocycles. The molecule has 35 heavy (non-hydrogen) atoms. The van der Waals surface area contributed by atoms with Crippen LogP contribution in [-0.2, 0) is 4.79 Å². The molecule has 2 aromatic heterocycles. The molecule has 5 rings (SSSR count). The summed E-state index contributed by atoms with van der Waals surface area (Å²) < 4.78 is 17.4. The van der Waals surface area contributed by atoms with Crippen molar-refractivity contribution in [2.24, 2.45) is 10.2 Å². The zero-order chi connectivity index (χ0) is 24.4. The molecule has 0 aliphatic rings. The number of carbonyl (C=O) groups excluding carboxylic acids is 1. The van der Waals surface area contributed by atoms with Gasteiger partial charge in [0.05, 0.1) is 30.0 Å². The number of thiazole rings is 1. The summed E-state index contributed by atoms with van der Waals surface area (Å²) in [5.41, 5.74) is 2.54. The lowest BCUT2D eigenvalue weighted by atomic mass is 10.2. The van der Waals surface area contributed by atoms with Gasteiger partial charge in [-0.1, -0.05) is 12.1 Å². The number of benzene rings is 3. The molecule has 0 fully saturated rings. The highest BCUT2D eigenvalue weighted by Gasteiger charge is 2.14. The van der Waals surface area contributed by atoms with Gasteiger partial charge in [-0.25, -0.2) is 4.98 Å². The van der Waals surface area contributed by atoms with E-state index in [1.807, 2.05) is 30.3 Å². The Bertz CT molecular complexity index is 1540. The number of rotatable bonds is 7. The van der Waals surface area contributed by atoms with E-state index in [9.17, 15) is 9.90 Å². The number of nitrogens with one attached hydrogen (secondary N) is 1. The van der Waals surface area contributed by atoms with Crippen molar-refractivity contribution in [3.63, 3.8) is 0 Å². The Morgan fingerprint density at radius 1 is 1.06 bits per heavy atom. The summed E-state index contributed by atoms with van der Waals surface area (Å²) in [6, 6.07) is 18.5. The molecule has 2 heterocycles. The van der Waals surface area contributed by atoms with Gasteiger partial charge in [-0.15, -0.1) is 21.6 Å². The second kappa shape index (κ2) is 9.43. The lowest BCUT2D eigenvalue weighted by molar-refractivity contribution is -0.120. The van der Waals surface area contributed by atoms with E-state index in [0.717, 1.165) is 20.8 Å². The third-order valence-electron chi connectivity index (χ3n) is 5.28. The Morgan fingerprint density at radius 2 is 1.91 bits per heavy atom. The Kier molecular flexibility index (Phi) is 6.02. The topological polar surface area (TPSA) is 118 Å². The van der Waals surface area contributed by atoms with Gasteiger partial charge < -0.3 is 24.3 Å². The first-order chi connectivity index (χ1) is 17.1. The molecular weight excluding hydrogens is 468 g/mol. The van der Waals surface area contributed by atoms with Crippen molar-refractivity contribution >= 4 is 44.1 Å². The van der Waals surface area contributed by atoms with Crippen LogP contribution in [0.25, 0.3) is 31.7 Å². The van der Waals surface area contributed by atoms with E-state index in [0.29, 0.717) is 28.2 Å². The number of ether oxygens (including phenoxy) is 3. The van der Waals surface area contributed by atoms with Crippen molar-refractivity contribution in [2.75, 3.05) is 20.8 Å². The summed E-state index contributed by atoms with van der Waals surface area (Å²) >= 11 is 1.56. The number of aromatic nitrogens is 2. The maximum atomic E-state index is 12.4. The van der Waals surface area contributed by atoms with Gasteiger partial charge in [0, 0.05) is 10.9 Å². The van der Waals surface area contributed by atoms with Gasteiger partial charge in [-0.3, -0.25) is 4.79 Å². The van der Waals surface area contributed by atoms with E-state index in [4.69, 9.17) is 14.2 Å². The molecular formula is C25H20N4O5S. The van der Waals surface area contributed by atoms with Crippen LogP contribution in [0.3, 0.4) is 0 Å². The maximum absolute atomic E-state index is 12.4. The lowest BCUT2D eigenvalue weighted by Crippen LogP contribution is -2.08. The van der Waals surface area contributed by atoms with Gasteiger partial charge in [0.15, 0.2) is 23.8 Å². The van der Waals surface area contributed by atoms with E-state index in [1.54, 1.807) is 41.7 Å². The van der Waals surface area contributed by atoms with Crippen LogP contribution < -0.4 is 14.2 Å². The zero-order valence-corrected chi connectivity index (χ0v) is 19.6. The molecule has 0 saturated carbocycles. The SMILES string of the molecule is COc1ccc2[nH]c(O)c(N=NC(=O)COc3cc(-c4nc5ccccc5s4)ccc3OC)c2c1. The zero-order valence-electron chi connectivity index (χ0n) is 18.8. The number of aromatic hydroxyl groups is 1. The predicted octanol–water partition coefficient (Wildman–Crippen LogP) is 5.86. The minimum Gasteiger partial charge on any atom is -0.497 e. The van der Waals surface area contributed by atoms with Crippen LogP contribution in [0.2, 0.25) is 0 Å². The molecule has 9 nitrogen and oxygen atoms in total. The van der Waals surface area contributed by atoms with Gasteiger partial charge in [0.1, 0.15) is 10.8 Å². The van der Waals surface area contributed by atoms with Crippen LogP contribution >= 0.6 is 11.3 Å². The Balaban J connectivity index is 1.34. The number of H-pyrrole nitrogens is 1. The van der Waals surface area contributed by atoms with Crippen molar-refractivity contribution in [2.45, 2.75) is 0 Å². The molecule has 2 N–H and O–H groups in total. The van der Waals surface area contributed by atoms with E-state index in [2.05, 4.69) is 20.2 Å². The summed E-state index contributed by atoms with van der Waals surface area (Å²) in [4.78, 5) is 19.9. The molecule has 176 valence electrons. The summed E-state index contributed by atoms with van der Waals surface area (Å²) in [6.45, 7) is -0.365. The molecule has 1 amide bonds. The van der Waals surface area contributed by atoms with Crippen LogP contribution in [0.4, 0.5) is 5.69 Å². The summed E-state index contributed by atoms with van der Waals surface area (Å²) in [6.07, 6.45) is 0. The average molecular weight is 489 g/mol. The van der Waals surface area contributed by atoms with E-state index in [1.165, 1.54) is 14.2 Å². The first-order valence-electron chi connectivity index (χ1n) is 10.6. The van der Waals surface area contributed by atoms with Crippen LogP contribution in [-0.4, -0.2) is 41.8 Å². The molecule has 10 heteroatoms. The van der Waals surface area contributed by atoms with E-state index >= 15 is 0 Å². The molecule has 5 aromatic rings. The largest absolute Gasteiger partial charge is 0.497 e. The third-order valence-corrected chi connectivity index (χ3v) is 6.36. The fourth-order valence-electron chi connectivity index (χ4n) is 3.56. The molecule has 0 atom stereocenters. The molecule has 0 unspecified atom stereocenters. The lowest BCUT2D eigenvalue weighted by Gasteiger charge is -2.10. The van der Waals surface area contributed by atoms with Gasteiger partial charge in [0.2, 0.25) is 5.88 Å². The normalized spacial score (nSPS) is 11.4. The van der Waals surface area contributed by atoms with Gasteiger partial charge >= 0.3 is 5.91 Å². The number of methoxy groups -OCH3 is 2. The smallest absolute Gasteiger partial charge is 0.302 e.